The van der Waals surface area contributed by atoms with Crippen molar-refractivity contribution >= 4 is 11.6 Å². The van der Waals surface area contributed by atoms with Crippen LogP contribution in [0.2, 0.25) is 5.02 Å². The molecule has 1 saturated heterocycles. The molecule has 2 fully saturated rings. The summed E-state index contributed by atoms with van der Waals surface area (Å²) in [6, 6.07) is 4.06. The molecule has 0 bridgehead atoms. The molecule has 4 heteroatoms. The Bertz CT molecular complexity index is 507. The van der Waals surface area contributed by atoms with Gasteiger partial charge in [0.1, 0.15) is 0 Å². The number of nitrogens with one attached hydrogen (secondary N) is 1. The van der Waals surface area contributed by atoms with E-state index < -0.39 is 0 Å². The van der Waals surface area contributed by atoms with Gasteiger partial charge in [0.25, 0.3) is 5.79 Å². The third kappa shape index (κ3) is 1.91. The number of piperidine rings is 1. The van der Waals surface area contributed by atoms with Crippen LogP contribution in [-0.4, -0.2) is 18.9 Å². The molecular weight excluding hydrogens is 262 g/mol. The fourth-order valence-corrected chi connectivity index (χ4v) is 3.56. The second-order valence-corrected chi connectivity index (χ2v) is 6.22. The lowest BCUT2D eigenvalue weighted by molar-refractivity contribution is -0.138. The molecule has 0 amide bonds. The Hall–Kier alpha value is -0.930. The molecule has 2 aliphatic heterocycles. The third-order valence-electron chi connectivity index (χ3n) is 4.55. The SMILES string of the molecule is Clc1cc2c(cc1C1CCNCC1)OC1(CCC1)O2. The van der Waals surface area contributed by atoms with Crippen LogP contribution >= 0.6 is 11.6 Å². The number of hydrogen-bond donors (Lipinski definition) is 1. The topological polar surface area (TPSA) is 30.5 Å². The number of ether oxygens (including phenoxy) is 2. The zero-order valence-corrected chi connectivity index (χ0v) is 11.6. The van der Waals surface area contributed by atoms with Crippen molar-refractivity contribution in [3.63, 3.8) is 0 Å². The highest BCUT2D eigenvalue weighted by Gasteiger charge is 2.47. The molecule has 1 aliphatic carbocycles. The van der Waals surface area contributed by atoms with E-state index in [2.05, 4.69) is 11.4 Å². The van der Waals surface area contributed by atoms with E-state index in [1.165, 1.54) is 12.0 Å². The highest BCUT2D eigenvalue weighted by atomic mass is 35.5. The molecule has 1 N–H and O–H groups in total. The van der Waals surface area contributed by atoms with E-state index in [-0.39, 0.29) is 5.79 Å². The number of benzene rings is 1. The van der Waals surface area contributed by atoms with Gasteiger partial charge in [-0.3, -0.25) is 0 Å². The summed E-state index contributed by atoms with van der Waals surface area (Å²) in [6.45, 7) is 2.14. The fraction of sp³-hybridized carbons (Fsp3) is 0.600. The normalized spacial score (nSPS) is 24.5. The lowest BCUT2D eigenvalue weighted by Gasteiger charge is -2.35. The summed E-state index contributed by atoms with van der Waals surface area (Å²) in [5.74, 6) is 1.89. The maximum atomic E-state index is 6.44. The summed E-state index contributed by atoms with van der Waals surface area (Å²) in [5.41, 5.74) is 1.22. The fourth-order valence-electron chi connectivity index (χ4n) is 3.25. The molecule has 3 nitrogen and oxygen atoms in total. The van der Waals surface area contributed by atoms with Gasteiger partial charge in [-0.05, 0) is 49.9 Å². The summed E-state index contributed by atoms with van der Waals surface area (Å²) in [7, 11) is 0. The average Bonchev–Trinajstić information content (AvgIpc) is 2.77. The van der Waals surface area contributed by atoms with Crippen LogP contribution in [0.5, 0.6) is 11.5 Å². The largest absolute Gasteiger partial charge is 0.448 e. The summed E-state index contributed by atoms with van der Waals surface area (Å²) >= 11 is 6.44. The van der Waals surface area contributed by atoms with Gasteiger partial charge in [-0.15, -0.1) is 0 Å². The van der Waals surface area contributed by atoms with Gasteiger partial charge in [0.05, 0.1) is 0 Å². The third-order valence-corrected chi connectivity index (χ3v) is 4.88. The molecule has 1 aromatic carbocycles. The quantitative estimate of drug-likeness (QED) is 0.854. The lowest BCUT2D eigenvalue weighted by Crippen LogP contribution is -2.45. The van der Waals surface area contributed by atoms with E-state index in [1.54, 1.807) is 0 Å². The Morgan fingerprint density at radius 3 is 2.42 bits per heavy atom. The number of halogens is 1. The molecule has 3 aliphatic rings. The lowest BCUT2D eigenvalue weighted by atomic mass is 9.90. The Balaban J connectivity index is 1.65. The summed E-state index contributed by atoms with van der Waals surface area (Å²) < 4.78 is 12.0. The van der Waals surface area contributed by atoms with Crippen molar-refractivity contribution in [1.82, 2.24) is 5.32 Å². The minimum absolute atomic E-state index is 0.363. The predicted molar refractivity (Wildman–Crippen MR) is 74.1 cm³/mol. The van der Waals surface area contributed by atoms with Crippen LogP contribution in [0.1, 0.15) is 43.6 Å². The first-order chi connectivity index (χ1) is 9.26. The van der Waals surface area contributed by atoms with Crippen molar-refractivity contribution in [2.75, 3.05) is 13.1 Å². The molecule has 0 atom stereocenters. The predicted octanol–water partition coefficient (Wildman–Crippen LogP) is 3.46. The first kappa shape index (κ1) is 11.9. The summed E-state index contributed by atoms with van der Waals surface area (Å²) in [6.07, 6.45) is 5.45. The molecule has 1 saturated carbocycles. The van der Waals surface area contributed by atoms with Crippen LogP contribution in [-0.2, 0) is 0 Å². The van der Waals surface area contributed by atoms with E-state index in [4.69, 9.17) is 21.1 Å². The van der Waals surface area contributed by atoms with Crippen molar-refractivity contribution in [2.24, 2.45) is 0 Å². The highest BCUT2D eigenvalue weighted by molar-refractivity contribution is 6.31. The second kappa shape index (κ2) is 4.29. The van der Waals surface area contributed by atoms with Crippen LogP contribution in [0, 0.1) is 0 Å². The van der Waals surface area contributed by atoms with Crippen LogP contribution in [0.25, 0.3) is 0 Å². The minimum atomic E-state index is -0.363. The number of hydrogen-bond acceptors (Lipinski definition) is 3. The monoisotopic (exact) mass is 279 g/mol. The van der Waals surface area contributed by atoms with Gasteiger partial charge in [-0.25, -0.2) is 0 Å². The standard InChI is InChI=1S/C15H18ClNO2/c16-12-9-14-13(18-15(19-14)4-1-5-15)8-11(12)10-2-6-17-7-3-10/h8-10,17H,1-7H2. The van der Waals surface area contributed by atoms with Gasteiger partial charge < -0.3 is 14.8 Å². The zero-order valence-electron chi connectivity index (χ0n) is 10.9. The molecule has 1 spiro atoms. The maximum absolute atomic E-state index is 6.44. The van der Waals surface area contributed by atoms with Gasteiger partial charge in [-0.1, -0.05) is 11.6 Å². The Morgan fingerprint density at radius 1 is 1.11 bits per heavy atom. The summed E-state index contributed by atoms with van der Waals surface area (Å²) in [5, 5.41) is 4.21. The van der Waals surface area contributed by atoms with E-state index in [0.29, 0.717) is 5.92 Å². The van der Waals surface area contributed by atoms with Crippen molar-refractivity contribution in [3.05, 3.63) is 22.7 Å². The van der Waals surface area contributed by atoms with E-state index in [0.717, 1.165) is 55.3 Å². The van der Waals surface area contributed by atoms with E-state index in [9.17, 15) is 0 Å². The van der Waals surface area contributed by atoms with Crippen molar-refractivity contribution < 1.29 is 9.47 Å². The van der Waals surface area contributed by atoms with Gasteiger partial charge in [-0.2, -0.15) is 0 Å². The van der Waals surface area contributed by atoms with Gasteiger partial charge in [0.15, 0.2) is 11.5 Å². The van der Waals surface area contributed by atoms with Crippen molar-refractivity contribution in [1.29, 1.82) is 0 Å². The first-order valence-corrected chi connectivity index (χ1v) is 7.56. The number of fused-ring (bicyclic) bond motifs is 1. The van der Waals surface area contributed by atoms with Gasteiger partial charge in [0.2, 0.25) is 0 Å². The Labute approximate surface area is 118 Å². The van der Waals surface area contributed by atoms with Crippen LogP contribution < -0.4 is 14.8 Å². The van der Waals surface area contributed by atoms with Gasteiger partial charge >= 0.3 is 0 Å². The molecule has 19 heavy (non-hydrogen) atoms. The minimum Gasteiger partial charge on any atom is -0.448 e. The Morgan fingerprint density at radius 2 is 1.79 bits per heavy atom. The molecule has 4 rings (SSSR count). The number of rotatable bonds is 1. The Kier molecular flexibility index (Phi) is 2.68. The van der Waals surface area contributed by atoms with Crippen LogP contribution in [0.15, 0.2) is 12.1 Å². The van der Waals surface area contributed by atoms with Gasteiger partial charge in [0, 0.05) is 23.9 Å². The van der Waals surface area contributed by atoms with Crippen molar-refractivity contribution in [2.45, 2.75) is 43.8 Å². The van der Waals surface area contributed by atoms with E-state index in [1.807, 2.05) is 6.07 Å². The van der Waals surface area contributed by atoms with Crippen molar-refractivity contribution in [3.8, 4) is 11.5 Å². The zero-order chi connectivity index (χ0) is 12.9. The molecule has 2 heterocycles. The average molecular weight is 280 g/mol. The summed E-state index contributed by atoms with van der Waals surface area (Å²) in [4.78, 5) is 0. The van der Waals surface area contributed by atoms with E-state index >= 15 is 0 Å². The van der Waals surface area contributed by atoms with Crippen LogP contribution in [0.3, 0.4) is 0 Å². The van der Waals surface area contributed by atoms with Crippen LogP contribution in [0.4, 0.5) is 0 Å². The molecule has 0 aromatic heterocycles. The molecule has 0 unspecified atom stereocenters. The molecule has 1 aromatic rings. The second-order valence-electron chi connectivity index (χ2n) is 5.81. The molecular formula is C15H18ClNO2. The highest BCUT2D eigenvalue weighted by Crippen LogP contribution is 2.50. The molecule has 102 valence electrons. The molecule has 0 radical (unpaired) electrons. The smallest absolute Gasteiger partial charge is 0.251 e. The maximum Gasteiger partial charge on any atom is 0.251 e. The first-order valence-electron chi connectivity index (χ1n) is 7.18.